The first-order valence-corrected chi connectivity index (χ1v) is 20.9. The molecule has 0 aliphatic carbocycles. The number of imidazole rings is 1. The van der Waals surface area contributed by atoms with Crippen molar-refractivity contribution in [2.75, 3.05) is 78.8 Å². The van der Waals surface area contributed by atoms with E-state index in [1.54, 1.807) is 33.5 Å². The second kappa shape index (κ2) is 18.9. The molecule has 0 saturated carbocycles. The minimum Gasteiger partial charge on any atom is -0.493 e. The first-order valence-electron chi connectivity index (χ1n) is 18.3. The van der Waals surface area contributed by atoms with E-state index in [9.17, 15) is 13.2 Å². The molecule has 6 rings (SSSR count). The maximum Gasteiger partial charge on any atom is 0.261 e. The van der Waals surface area contributed by atoms with E-state index >= 15 is 0 Å². The SMILES string of the molecule is CCOCCn1c(NC2CCN(CC[C@@]3(c4ccc(Cl)c(Cl)c4)CCN(C(=O)c4cc(OC)c(OC)c(OC)c4)C3)CC2)nc2ccccc21.CS(=O)(=O)O. The van der Waals surface area contributed by atoms with Crippen LogP contribution in [0.1, 0.15) is 48.5 Å². The first-order chi connectivity index (χ1) is 26.3. The van der Waals surface area contributed by atoms with Crippen LogP contribution >= 0.6 is 23.2 Å². The molecule has 300 valence electrons. The van der Waals surface area contributed by atoms with Crippen LogP contribution in [0.2, 0.25) is 10.0 Å². The van der Waals surface area contributed by atoms with Gasteiger partial charge < -0.3 is 38.6 Å². The molecule has 16 heteroatoms. The Balaban J connectivity index is 0.00000109. The Morgan fingerprint density at radius 1 is 0.964 bits per heavy atom. The summed E-state index contributed by atoms with van der Waals surface area (Å²) in [6.45, 7) is 8.16. The van der Waals surface area contributed by atoms with E-state index in [1.165, 1.54) is 0 Å². The summed E-state index contributed by atoms with van der Waals surface area (Å²) in [6, 6.07) is 17.9. The summed E-state index contributed by atoms with van der Waals surface area (Å²) in [6.07, 6.45) is 4.44. The third-order valence-corrected chi connectivity index (χ3v) is 11.0. The highest BCUT2D eigenvalue weighted by Gasteiger charge is 2.42. The molecule has 1 aromatic heterocycles. The Hall–Kier alpha value is -3.79. The fourth-order valence-corrected chi connectivity index (χ4v) is 7.71. The standard InChI is InChI=1S/C38H47Cl2N5O5.CH4O3S/c1-5-50-21-20-45-32-9-7-6-8-31(32)42-37(45)41-28-12-16-43(17-13-28)18-14-38(27-10-11-29(39)30(40)24-27)15-19-44(25-38)36(46)26-22-33(47-2)35(49-4)34(23-26)48-3;1-5(2,3)4/h6-11,22-24,28H,5,12-21,25H2,1-4H3,(H,41,42);1H3,(H,2,3,4)/t38-;/m1./s1. The number of nitrogens with zero attached hydrogens (tertiary/aromatic N) is 4. The number of methoxy groups -OCH3 is 3. The molecule has 0 radical (unpaired) electrons. The summed E-state index contributed by atoms with van der Waals surface area (Å²) in [7, 11) is 0.988. The van der Waals surface area contributed by atoms with Crippen molar-refractivity contribution < 1.29 is 36.7 Å². The second-order valence-electron chi connectivity index (χ2n) is 13.8. The van der Waals surface area contributed by atoms with Gasteiger partial charge in [0.15, 0.2) is 11.5 Å². The van der Waals surface area contributed by atoms with E-state index < -0.39 is 10.1 Å². The third-order valence-electron chi connectivity index (χ3n) is 10.2. The molecule has 3 heterocycles. The average molecular weight is 821 g/mol. The lowest BCUT2D eigenvalue weighted by atomic mass is 9.76. The van der Waals surface area contributed by atoms with Crippen LogP contribution in [-0.2, 0) is 26.8 Å². The van der Waals surface area contributed by atoms with E-state index in [1.807, 2.05) is 30.0 Å². The molecule has 1 atom stereocenters. The van der Waals surface area contributed by atoms with Crippen LogP contribution in [0.4, 0.5) is 5.95 Å². The number of fused-ring (bicyclic) bond motifs is 1. The van der Waals surface area contributed by atoms with Gasteiger partial charge in [-0.15, -0.1) is 0 Å². The van der Waals surface area contributed by atoms with Gasteiger partial charge in [0.1, 0.15) is 0 Å². The number of piperidine rings is 1. The highest BCUT2D eigenvalue weighted by atomic mass is 35.5. The predicted octanol–water partition coefficient (Wildman–Crippen LogP) is 6.66. The van der Waals surface area contributed by atoms with Crippen LogP contribution in [0.5, 0.6) is 17.2 Å². The van der Waals surface area contributed by atoms with Gasteiger partial charge in [-0.2, -0.15) is 8.42 Å². The Kier molecular flexibility index (Phi) is 14.6. The number of likely N-dealkylation sites (tertiary alicyclic amines) is 2. The molecule has 1 amide bonds. The summed E-state index contributed by atoms with van der Waals surface area (Å²) in [5.74, 6) is 2.19. The van der Waals surface area contributed by atoms with Crippen molar-refractivity contribution in [3.05, 3.63) is 75.8 Å². The Morgan fingerprint density at radius 3 is 2.25 bits per heavy atom. The molecule has 2 aliphatic rings. The van der Waals surface area contributed by atoms with Gasteiger partial charge in [0.05, 0.1) is 55.3 Å². The molecular weight excluding hydrogens is 769 g/mol. The molecular formula is C39H51Cl2N5O8S. The zero-order valence-corrected chi connectivity index (χ0v) is 34.3. The number of amides is 1. The maximum absolute atomic E-state index is 14.0. The number of aromatic nitrogens is 2. The highest BCUT2D eigenvalue weighted by molar-refractivity contribution is 7.85. The number of carbonyl (C=O) groups is 1. The minimum atomic E-state index is -3.67. The van der Waals surface area contributed by atoms with Crippen molar-refractivity contribution in [2.24, 2.45) is 0 Å². The van der Waals surface area contributed by atoms with Crippen LogP contribution in [0.3, 0.4) is 0 Å². The quantitative estimate of drug-likeness (QED) is 0.104. The van der Waals surface area contributed by atoms with E-state index in [4.69, 9.17) is 51.7 Å². The van der Waals surface area contributed by atoms with Crippen LogP contribution in [0.25, 0.3) is 11.0 Å². The largest absolute Gasteiger partial charge is 0.493 e. The molecule has 2 aliphatic heterocycles. The van der Waals surface area contributed by atoms with Gasteiger partial charge in [-0.05, 0) is 81.1 Å². The zero-order valence-electron chi connectivity index (χ0n) is 32.0. The second-order valence-corrected chi connectivity index (χ2v) is 16.1. The van der Waals surface area contributed by atoms with Crippen molar-refractivity contribution in [3.63, 3.8) is 0 Å². The molecule has 13 nitrogen and oxygen atoms in total. The lowest BCUT2D eigenvalue weighted by Gasteiger charge is -2.36. The van der Waals surface area contributed by atoms with E-state index in [-0.39, 0.29) is 11.3 Å². The van der Waals surface area contributed by atoms with Gasteiger partial charge in [0.2, 0.25) is 11.7 Å². The van der Waals surface area contributed by atoms with Crippen LogP contribution in [-0.4, -0.2) is 118 Å². The van der Waals surface area contributed by atoms with E-state index in [0.717, 1.165) is 74.4 Å². The number of halogens is 2. The Bertz CT molecular complexity index is 2010. The number of hydrogen-bond acceptors (Lipinski definition) is 10. The summed E-state index contributed by atoms with van der Waals surface area (Å²) < 4.78 is 50.3. The molecule has 55 heavy (non-hydrogen) atoms. The van der Waals surface area contributed by atoms with Crippen molar-refractivity contribution >= 4 is 56.2 Å². The smallest absolute Gasteiger partial charge is 0.261 e. The van der Waals surface area contributed by atoms with Crippen LogP contribution in [0.15, 0.2) is 54.6 Å². The lowest BCUT2D eigenvalue weighted by Crippen LogP contribution is -2.42. The molecule has 3 aromatic carbocycles. The summed E-state index contributed by atoms with van der Waals surface area (Å²) in [5, 5.41) is 4.81. The average Bonchev–Trinajstić information content (AvgIpc) is 3.76. The zero-order chi connectivity index (χ0) is 39.8. The Morgan fingerprint density at radius 2 is 1.64 bits per heavy atom. The molecule has 0 unspecified atom stereocenters. The van der Waals surface area contributed by atoms with E-state index in [2.05, 4.69) is 39.0 Å². The first kappa shape index (κ1) is 42.4. The number of carbonyl (C=O) groups excluding carboxylic acids is 1. The van der Waals surface area contributed by atoms with Crippen molar-refractivity contribution in [2.45, 2.75) is 50.6 Å². The molecule has 0 spiro atoms. The number of benzene rings is 3. The van der Waals surface area contributed by atoms with Crippen LogP contribution < -0.4 is 19.5 Å². The lowest BCUT2D eigenvalue weighted by molar-refractivity contribution is 0.0779. The summed E-state index contributed by atoms with van der Waals surface area (Å²) in [4.78, 5) is 23.4. The molecule has 2 saturated heterocycles. The van der Waals surface area contributed by atoms with Crippen molar-refractivity contribution in [3.8, 4) is 17.2 Å². The van der Waals surface area contributed by atoms with Gasteiger partial charge in [-0.1, -0.05) is 41.4 Å². The molecule has 4 aromatic rings. The number of hydrogen-bond donors (Lipinski definition) is 2. The third kappa shape index (κ3) is 10.7. The number of ether oxygens (including phenoxy) is 4. The van der Waals surface area contributed by atoms with Crippen LogP contribution in [0, 0.1) is 0 Å². The number of anilines is 1. The maximum atomic E-state index is 14.0. The van der Waals surface area contributed by atoms with E-state index in [0.29, 0.717) is 71.5 Å². The number of para-hydroxylation sites is 2. The minimum absolute atomic E-state index is 0.0784. The monoisotopic (exact) mass is 819 g/mol. The highest BCUT2D eigenvalue weighted by Crippen LogP contribution is 2.43. The van der Waals surface area contributed by atoms with Crippen molar-refractivity contribution in [1.82, 2.24) is 19.4 Å². The predicted molar refractivity (Wildman–Crippen MR) is 216 cm³/mol. The summed E-state index contributed by atoms with van der Waals surface area (Å²) >= 11 is 12.9. The fourth-order valence-electron chi connectivity index (χ4n) is 7.41. The van der Waals surface area contributed by atoms with Gasteiger partial charge >= 0.3 is 0 Å². The molecule has 2 fully saturated rings. The number of nitrogens with one attached hydrogen (secondary N) is 1. The fraction of sp³-hybridized carbons (Fsp3) is 0.487. The Labute approximate surface area is 333 Å². The summed E-state index contributed by atoms with van der Waals surface area (Å²) in [5.41, 5.74) is 3.44. The molecule has 0 bridgehead atoms. The van der Waals surface area contributed by atoms with Gasteiger partial charge in [0.25, 0.3) is 16.0 Å². The van der Waals surface area contributed by atoms with Crippen molar-refractivity contribution in [1.29, 1.82) is 0 Å². The molecule has 2 N–H and O–H groups in total. The topological polar surface area (TPSA) is 145 Å². The van der Waals surface area contributed by atoms with Gasteiger partial charge in [-0.25, -0.2) is 4.98 Å². The number of rotatable bonds is 14. The van der Waals surface area contributed by atoms with Gasteiger partial charge in [-0.3, -0.25) is 9.35 Å². The van der Waals surface area contributed by atoms with Gasteiger partial charge in [0, 0.05) is 56.4 Å². The normalized spacial score (nSPS) is 17.9.